The summed E-state index contributed by atoms with van der Waals surface area (Å²) in [6.07, 6.45) is -3.40. The maximum atomic E-state index is 11.1. The molecule has 0 spiro atoms. The molecule has 0 rings (SSSR count). The minimum absolute atomic E-state index is 0.329. The van der Waals surface area contributed by atoms with Gasteiger partial charge in [-0.3, -0.25) is 4.79 Å². The van der Waals surface area contributed by atoms with E-state index >= 15 is 0 Å². The highest BCUT2D eigenvalue weighted by Crippen LogP contribution is 2.15. The largest absolute Gasteiger partial charge is 0.491 e. The van der Waals surface area contributed by atoms with Gasteiger partial charge in [0.05, 0.1) is 12.5 Å². The van der Waals surface area contributed by atoms with Gasteiger partial charge in [-0.1, -0.05) is 13.2 Å². The molecule has 0 fully saturated rings. The highest BCUT2D eigenvalue weighted by Gasteiger charge is 2.40. The van der Waals surface area contributed by atoms with Crippen molar-refractivity contribution in [3.63, 3.8) is 0 Å². The molecule has 4 nitrogen and oxygen atoms in total. The number of carbonyl (C=O) groups is 2. The summed E-state index contributed by atoms with van der Waals surface area (Å²) in [4.78, 5) is 19.4. The van der Waals surface area contributed by atoms with Crippen LogP contribution in [0.5, 0.6) is 0 Å². The lowest BCUT2D eigenvalue weighted by molar-refractivity contribution is -0.193. The number of hydrogen-bond acceptors (Lipinski definition) is 4. The first-order valence-electron chi connectivity index (χ1n) is 3.42. The molecule has 0 radical (unpaired) electrons. The fourth-order valence-corrected chi connectivity index (χ4v) is 0.260. The van der Waals surface area contributed by atoms with Crippen molar-refractivity contribution in [3.8, 4) is 0 Å². The maximum Gasteiger partial charge on any atom is 0.491 e. The fraction of sp³-hybridized carbons (Fsp3) is 0.250. The second kappa shape index (κ2) is 7.60. The van der Waals surface area contributed by atoms with E-state index < -0.39 is 12.1 Å². The Morgan fingerprint density at radius 3 is 1.60 bits per heavy atom. The predicted octanol–water partition coefficient (Wildman–Crippen LogP) is 1.93. The van der Waals surface area contributed by atoms with E-state index in [9.17, 15) is 22.8 Å². The first kappa shape index (κ1) is 15.7. The van der Waals surface area contributed by atoms with Crippen LogP contribution in [0.25, 0.3) is 0 Å². The third-order valence-electron chi connectivity index (χ3n) is 0.671. The van der Waals surface area contributed by atoms with E-state index in [2.05, 4.69) is 22.6 Å². The molecule has 0 unspecified atom stereocenters. The summed E-state index contributed by atoms with van der Waals surface area (Å²) < 4.78 is 40.9. The third kappa shape index (κ3) is 12.2. The molecule has 7 heteroatoms. The molecule has 0 heterocycles. The molecule has 0 aliphatic heterocycles. The molecular weight excluding hydrogens is 217 g/mol. The Balaban J connectivity index is 0. The number of rotatable bonds is 2. The van der Waals surface area contributed by atoms with Gasteiger partial charge in [0, 0.05) is 6.92 Å². The summed E-state index contributed by atoms with van der Waals surface area (Å²) in [5, 5.41) is 0. The van der Waals surface area contributed by atoms with E-state index in [0.717, 1.165) is 6.26 Å². The lowest BCUT2D eigenvalue weighted by atomic mass is 10.7. The van der Waals surface area contributed by atoms with Crippen molar-refractivity contribution in [2.75, 3.05) is 0 Å². The number of esters is 2. The first-order valence-corrected chi connectivity index (χ1v) is 3.42. The average molecular weight is 226 g/mol. The number of ether oxygens (including phenoxy) is 2. The van der Waals surface area contributed by atoms with Gasteiger partial charge < -0.3 is 9.47 Å². The van der Waals surface area contributed by atoms with Crippen molar-refractivity contribution in [3.05, 3.63) is 25.7 Å². The van der Waals surface area contributed by atoms with Gasteiger partial charge in [0.15, 0.2) is 0 Å². The van der Waals surface area contributed by atoms with E-state index in [1.165, 1.54) is 6.92 Å². The van der Waals surface area contributed by atoms with Gasteiger partial charge >= 0.3 is 18.1 Å². The lowest BCUT2D eigenvalue weighted by Crippen LogP contribution is -2.23. The summed E-state index contributed by atoms with van der Waals surface area (Å²) >= 11 is 0. The summed E-state index contributed by atoms with van der Waals surface area (Å²) in [6, 6.07) is 0. The molecule has 0 aromatic carbocycles. The molecule has 0 atom stereocenters. The smallest absolute Gasteiger partial charge is 0.435 e. The molecule has 15 heavy (non-hydrogen) atoms. The number of alkyl halides is 3. The van der Waals surface area contributed by atoms with Crippen LogP contribution in [0.15, 0.2) is 25.7 Å². The van der Waals surface area contributed by atoms with Crippen molar-refractivity contribution in [1.29, 1.82) is 0 Å². The van der Waals surface area contributed by atoms with Crippen molar-refractivity contribution in [2.45, 2.75) is 13.1 Å². The summed E-state index contributed by atoms with van der Waals surface area (Å²) in [5.41, 5.74) is 0. The highest BCUT2D eigenvalue weighted by molar-refractivity contribution is 5.76. The highest BCUT2D eigenvalue weighted by atomic mass is 19.4. The van der Waals surface area contributed by atoms with Crippen molar-refractivity contribution >= 4 is 11.9 Å². The van der Waals surface area contributed by atoms with Crippen LogP contribution < -0.4 is 0 Å². The maximum absolute atomic E-state index is 11.1. The number of carbonyl (C=O) groups excluding carboxylic acids is 2. The van der Waals surface area contributed by atoms with Crippen molar-refractivity contribution < 1.29 is 32.2 Å². The summed E-state index contributed by atoms with van der Waals surface area (Å²) in [7, 11) is 0. The Morgan fingerprint density at radius 2 is 1.53 bits per heavy atom. The van der Waals surface area contributed by atoms with E-state index in [1.807, 2.05) is 0 Å². The van der Waals surface area contributed by atoms with Crippen LogP contribution in [-0.2, 0) is 19.1 Å². The second-order valence-corrected chi connectivity index (χ2v) is 1.85. The standard InChI is InChI=1S/C4H3F3O2.C4H6O2/c1-2-9-3(8)4(5,6)7;1-3-6-4(2)5/h2H,1H2;3H,1H2,2H3. The zero-order valence-corrected chi connectivity index (χ0v) is 7.84. The van der Waals surface area contributed by atoms with Crippen molar-refractivity contribution in [2.24, 2.45) is 0 Å². The third-order valence-corrected chi connectivity index (χ3v) is 0.671. The molecular formula is C8H9F3O4. The van der Waals surface area contributed by atoms with E-state index in [1.54, 1.807) is 0 Å². The van der Waals surface area contributed by atoms with Gasteiger partial charge in [-0.25, -0.2) is 4.79 Å². The Kier molecular flexibility index (Phi) is 7.94. The van der Waals surface area contributed by atoms with E-state index in [-0.39, 0.29) is 5.97 Å². The Morgan fingerprint density at radius 1 is 1.13 bits per heavy atom. The van der Waals surface area contributed by atoms with Gasteiger partial charge in [0.25, 0.3) is 0 Å². The van der Waals surface area contributed by atoms with Gasteiger partial charge in [0.2, 0.25) is 0 Å². The van der Waals surface area contributed by atoms with Crippen LogP contribution in [0.2, 0.25) is 0 Å². The van der Waals surface area contributed by atoms with E-state index in [0.29, 0.717) is 6.26 Å². The first-order chi connectivity index (χ1) is 6.75. The van der Waals surface area contributed by atoms with Crippen LogP contribution in [-0.4, -0.2) is 18.1 Å². The van der Waals surface area contributed by atoms with Crippen LogP contribution >= 0.6 is 0 Å². The van der Waals surface area contributed by atoms with Gasteiger partial charge in [-0.05, 0) is 0 Å². The normalized spacial score (nSPS) is 9.07. The summed E-state index contributed by atoms with van der Waals surface area (Å²) in [5.74, 6) is -2.58. The molecule has 0 aliphatic carbocycles. The molecule has 0 N–H and O–H groups in total. The fourth-order valence-electron chi connectivity index (χ4n) is 0.260. The van der Waals surface area contributed by atoms with Crippen LogP contribution in [0.4, 0.5) is 13.2 Å². The van der Waals surface area contributed by atoms with Gasteiger partial charge in [0.1, 0.15) is 0 Å². The second-order valence-electron chi connectivity index (χ2n) is 1.85. The van der Waals surface area contributed by atoms with E-state index in [4.69, 9.17) is 0 Å². The molecule has 0 aliphatic rings. The molecule has 0 bridgehead atoms. The Hall–Kier alpha value is -1.79. The van der Waals surface area contributed by atoms with Crippen LogP contribution in [0, 0.1) is 0 Å². The SMILES string of the molecule is C=COC(=O)C(F)(F)F.C=COC(C)=O. The molecule has 0 amide bonds. The minimum atomic E-state index is -4.92. The lowest BCUT2D eigenvalue weighted by Gasteiger charge is -2.00. The molecule has 0 saturated heterocycles. The summed E-state index contributed by atoms with van der Waals surface area (Å²) in [6.45, 7) is 7.25. The van der Waals surface area contributed by atoms with Crippen molar-refractivity contribution in [1.82, 2.24) is 0 Å². The zero-order chi connectivity index (χ0) is 12.5. The zero-order valence-electron chi connectivity index (χ0n) is 7.84. The topological polar surface area (TPSA) is 52.6 Å². The molecule has 0 aromatic rings. The van der Waals surface area contributed by atoms with Crippen LogP contribution in [0.3, 0.4) is 0 Å². The molecule has 86 valence electrons. The Labute approximate surface area is 84.0 Å². The van der Waals surface area contributed by atoms with Gasteiger partial charge in [-0.2, -0.15) is 13.2 Å². The monoisotopic (exact) mass is 226 g/mol. The molecule has 0 saturated carbocycles. The number of hydrogen-bond donors (Lipinski definition) is 0. The average Bonchev–Trinajstić information content (AvgIpc) is 2.03. The number of halogens is 3. The minimum Gasteiger partial charge on any atom is -0.435 e. The molecule has 0 aromatic heterocycles. The Bertz CT molecular complexity index is 245. The quantitative estimate of drug-likeness (QED) is 0.533. The van der Waals surface area contributed by atoms with Gasteiger partial charge in [-0.15, -0.1) is 0 Å². The predicted molar refractivity (Wildman–Crippen MR) is 44.3 cm³/mol. The van der Waals surface area contributed by atoms with Crippen LogP contribution in [0.1, 0.15) is 6.92 Å².